The molecular formula is C20H15Cl2N3O3. The van der Waals surface area contributed by atoms with Crippen molar-refractivity contribution in [1.29, 1.82) is 0 Å². The molecule has 6 nitrogen and oxygen atoms in total. The second-order valence-electron chi connectivity index (χ2n) is 5.64. The number of urea groups is 1. The van der Waals surface area contributed by atoms with Crippen LogP contribution in [0.1, 0.15) is 0 Å². The van der Waals surface area contributed by atoms with Crippen LogP contribution >= 0.6 is 23.2 Å². The molecule has 0 aliphatic carbocycles. The molecule has 0 aliphatic rings. The van der Waals surface area contributed by atoms with E-state index in [2.05, 4.69) is 16.0 Å². The van der Waals surface area contributed by atoms with E-state index >= 15 is 0 Å². The number of carbonyl (C=O) groups excluding carboxylic acids is 2. The normalized spacial score (nSPS) is 10.1. The summed E-state index contributed by atoms with van der Waals surface area (Å²) >= 11 is 11.8. The predicted octanol–water partition coefficient (Wildman–Crippen LogP) is 6.25. The number of amides is 3. The first-order valence-corrected chi connectivity index (χ1v) is 8.91. The third-order valence-corrected chi connectivity index (χ3v) is 3.93. The summed E-state index contributed by atoms with van der Waals surface area (Å²) in [6, 6.07) is 19.4. The van der Waals surface area contributed by atoms with Gasteiger partial charge >= 0.3 is 12.1 Å². The lowest BCUT2D eigenvalue weighted by Gasteiger charge is -2.10. The fourth-order valence-electron chi connectivity index (χ4n) is 2.31. The highest BCUT2D eigenvalue weighted by Crippen LogP contribution is 2.20. The van der Waals surface area contributed by atoms with Crippen molar-refractivity contribution in [3.8, 4) is 5.75 Å². The van der Waals surface area contributed by atoms with E-state index in [1.165, 1.54) is 6.07 Å². The topological polar surface area (TPSA) is 79.5 Å². The molecule has 3 amide bonds. The Balaban J connectivity index is 1.58. The molecule has 0 unspecified atom stereocenters. The van der Waals surface area contributed by atoms with Gasteiger partial charge in [-0.15, -0.1) is 0 Å². The first kappa shape index (κ1) is 19.5. The van der Waals surface area contributed by atoms with Gasteiger partial charge in [0, 0.05) is 33.2 Å². The lowest BCUT2D eigenvalue weighted by Crippen LogP contribution is -2.20. The van der Waals surface area contributed by atoms with Crippen molar-refractivity contribution in [2.24, 2.45) is 0 Å². The summed E-state index contributed by atoms with van der Waals surface area (Å²) in [6.07, 6.45) is -0.678. The maximum atomic E-state index is 12.1. The van der Waals surface area contributed by atoms with Crippen molar-refractivity contribution in [2.45, 2.75) is 0 Å². The van der Waals surface area contributed by atoms with Gasteiger partial charge in [0.05, 0.1) is 0 Å². The second-order valence-corrected chi connectivity index (χ2v) is 6.52. The average Bonchev–Trinajstić information content (AvgIpc) is 2.61. The molecule has 3 N–H and O–H groups in total. The van der Waals surface area contributed by atoms with E-state index in [0.717, 1.165) is 0 Å². The average molecular weight is 416 g/mol. The number of hydrogen-bond donors (Lipinski definition) is 3. The van der Waals surface area contributed by atoms with E-state index in [9.17, 15) is 9.59 Å². The first-order chi connectivity index (χ1) is 13.5. The lowest BCUT2D eigenvalue weighted by molar-refractivity contribution is 0.215. The number of anilines is 3. The molecule has 8 heteroatoms. The minimum Gasteiger partial charge on any atom is -0.410 e. The Bertz CT molecular complexity index is 934. The van der Waals surface area contributed by atoms with Crippen molar-refractivity contribution in [1.82, 2.24) is 0 Å². The number of nitrogens with one attached hydrogen (secondary N) is 3. The van der Waals surface area contributed by atoms with Crippen LogP contribution in [0.15, 0.2) is 72.8 Å². The number of rotatable bonds is 4. The Morgan fingerprint density at radius 3 is 1.75 bits per heavy atom. The number of benzene rings is 3. The summed E-state index contributed by atoms with van der Waals surface area (Å²) in [7, 11) is 0. The van der Waals surface area contributed by atoms with Gasteiger partial charge in [-0.1, -0.05) is 41.4 Å². The molecular weight excluding hydrogens is 401 g/mol. The molecule has 28 heavy (non-hydrogen) atoms. The summed E-state index contributed by atoms with van der Waals surface area (Å²) in [5.74, 6) is 0.264. The molecule has 0 aliphatic heterocycles. The fraction of sp³-hybridized carbons (Fsp3) is 0. The Morgan fingerprint density at radius 1 is 0.679 bits per heavy atom. The highest BCUT2D eigenvalue weighted by Gasteiger charge is 2.08. The van der Waals surface area contributed by atoms with Crippen LogP contribution in [-0.2, 0) is 0 Å². The van der Waals surface area contributed by atoms with E-state index < -0.39 is 12.1 Å². The molecule has 0 heterocycles. The zero-order valence-electron chi connectivity index (χ0n) is 14.4. The second kappa shape index (κ2) is 9.12. The summed E-state index contributed by atoms with van der Waals surface area (Å²) < 4.78 is 5.23. The van der Waals surface area contributed by atoms with E-state index in [4.69, 9.17) is 27.9 Å². The minimum atomic E-state index is -0.678. The van der Waals surface area contributed by atoms with Gasteiger partial charge in [0.15, 0.2) is 0 Å². The van der Waals surface area contributed by atoms with Gasteiger partial charge in [0.1, 0.15) is 5.75 Å². The SMILES string of the molecule is O=C(Nc1cccc(Cl)c1)Nc1cccc(OC(=O)Nc2cccc(Cl)c2)c1. The van der Waals surface area contributed by atoms with E-state index in [1.54, 1.807) is 66.7 Å². The Labute approximate surface area is 171 Å². The van der Waals surface area contributed by atoms with Crippen molar-refractivity contribution >= 4 is 52.4 Å². The van der Waals surface area contributed by atoms with Crippen molar-refractivity contribution < 1.29 is 14.3 Å². The molecule has 3 aromatic carbocycles. The molecule has 3 rings (SSSR count). The van der Waals surface area contributed by atoms with Gasteiger partial charge in [-0.25, -0.2) is 9.59 Å². The number of hydrogen-bond acceptors (Lipinski definition) is 3. The highest BCUT2D eigenvalue weighted by molar-refractivity contribution is 6.31. The standard InChI is InChI=1S/C20H15Cl2N3O3/c21-13-4-1-6-15(10-13)23-19(26)24-17-8-3-9-18(12-17)28-20(27)25-16-7-2-5-14(22)11-16/h1-12H,(H,25,27)(H2,23,24,26). The van der Waals surface area contributed by atoms with Crippen LogP contribution < -0.4 is 20.7 Å². The third kappa shape index (κ3) is 5.90. The van der Waals surface area contributed by atoms with Gasteiger partial charge in [-0.2, -0.15) is 0 Å². The van der Waals surface area contributed by atoms with Gasteiger partial charge in [0.2, 0.25) is 0 Å². The Hall–Kier alpha value is -3.22. The lowest BCUT2D eigenvalue weighted by atomic mass is 10.3. The first-order valence-electron chi connectivity index (χ1n) is 8.16. The summed E-state index contributed by atoms with van der Waals surface area (Å²) in [4.78, 5) is 24.1. The van der Waals surface area contributed by atoms with Gasteiger partial charge in [-0.3, -0.25) is 5.32 Å². The number of halogens is 2. The molecule has 0 saturated carbocycles. The largest absolute Gasteiger partial charge is 0.417 e. The fourth-order valence-corrected chi connectivity index (χ4v) is 2.69. The van der Waals surface area contributed by atoms with E-state index in [0.29, 0.717) is 27.1 Å². The molecule has 3 aromatic rings. The molecule has 0 saturated heterocycles. The van der Waals surface area contributed by atoms with Crippen LogP contribution in [0.5, 0.6) is 5.75 Å². The van der Waals surface area contributed by atoms with E-state index in [-0.39, 0.29) is 5.75 Å². The summed E-state index contributed by atoms with van der Waals surface area (Å²) in [6.45, 7) is 0. The Morgan fingerprint density at radius 2 is 1.18 bits per heavy atom. The monoisotopic (exact) mass is 415 g/mol. The molecule has 0 spiro atoms. The molecule has 0 aromatic heterocycles. The molecule has 0 atom stereocenters. The van der Waals surface area contributed by atoms with Crippen LogP contribution in [-0.4, -0.2) is 12.1 Å². The van der Waals surface area contributed by atoms with Crippen molar-refractivity contribution in [3.05, 3.63) is 82.8 Å². The van der Waals surface area contributed by atoms with Crippen LogP contribution in [0.3, 0.4) is 0 Å². The smallest absolute Gasteiger partial charge is 0.410 e. The van der Waals surface area contributed by atoms with Gasteiger partial charge in [-0.05, 0) is 48.5 Å². The zero-order chi connectivity index (χ0) is 19.9. The predicted molar refractivity (Wildman–Crippen MR) is 112 cm³/mol. The minimum absolute atomic E-state index is 0.264. The van der Waals surface area contributed by atoms with Gasteiger partial charge < -0.3 is 15.4 Å². The van der Waals surface area contributed by atoms with Crippen molar-refractivity contribution in [3.63, 3.8) is 0 Å². The molecule has 0 bridgehead atoms. The van der Waals surface area contributed by atoms with Crippen LogP contribution in [0.4, 0.5) is 26.7 Å². The molecule has 0 fully saturated rings. The number of ether oxygens (including phenoxy) is 1. The molecule has 0 radical (unpaired) electrons. The van der Waals surface area contributed by atoms with Crippen LogP contribution in [0.25, 0.3) is 0 Å². The summed E-state index contributed by atoms with van der Waals surface area (Å²) in [5.41, 5.74) is 1.51. The van der Waals surface area contributed by atoms with Crippen LogP contribution in [0, 0.1) is 0 Å². The maximum absolute atomic E-state index is 12.1. The zero-order valence-corrected chi connectivity index (χ0v) is 15.9. The van der Waals surface area contributed by atoms with Gasteiger partial charge in [0.25, 0.3) is 0 Å². The maximum Gasteiger partial charge on any atom is 0.417 e. The molecule has 142 valence electrons. The quantitative estimate of drug-likeness (QED) is 0.471. The summed E-state index contributed by atoms with van der Waals surface area (Å²) in [5, 5.41) is 8.90. The number of carbonyl (C=O) groups is 2. The van der Waals surface area contributed by atoms with E-state index in [1.807, 2.05) is 0 Å². The van der Waals surface area contributed by atoms with Crippen LogP contribution in [0.2, 0.25) is 10.0 Å². The third-order valence-electron chi connectivity index (χ3n) is 3.46. The van der Waals surface area contributed by atoms with Crippen molar-refractivity contribution in [2.75, 3.05) is 16.0 Å². The Kier molecular flexibility index (Phi) is 6.37. The highest BCUT2D eigenvalue weighted by atomic mass is 35.5.